The SMILES string of the molecule is COC1(C(F)(F)F)OC(F)(F)C2(C(F)(F)OC(CO)(C(F)(F)F)OC2(F)F)C(F)(F)O1. The summed E-state index contributed by atoms with van der Waals surface area (Å²) in [5, 5.41) is 8.57. The van der Waals surface area contributed by atoms with Gasteiger partial charge in [-0.15, -0.1) is 0 Å². The molecule has 0 aromatic carbocycles. The van der Waals surface area contributed by atoms with E-state index in [1.54, 1.807) is 0 Å². The average Bonchev–Trinajstić information content (AvgIpc) is 2.47. The molecule has 2 saturated heterocycles. The maximum Gasteiger partial charge on any atom is 0.473 e. The fourth-order valence-electron chi connectivity index (χ4n) is 2.70. The van der Waals surface area contributed by atoms with Crippen LogP contribution in [0, 0.1) is 5.41 Å². The lowest BCUT2D eigenvalue weighted by molar-refractivity contribution is -0.706. The van der Waals surface area contributed by atoms with E-state index in [2.05, 4.69) is 23.7 Å². The fraction of sp³-hybridized carbons (Fsp3) is 1.00. The molecule has 0 aliphatic carbocycles. The molecule has 2 fully saturated rings. The van der Waals surface area contributed by atoms with Gasteiger partial charge in [-0.2, -0.15) is 61.5 Å². The van der Waals surface area contributed by atoms with E-state index in [0.717, 1.165) is 0 Å². The van der Waals surface area contributed by atoms with Gasteiger partial charge in [-0.1, -0.05) is 0 Å². The van der Waals surface area contributed by atoms with Crippen LogP contribution in [0.3, 0.4) is 0 Å². The average molecular weight is 500 g/mol. The summed E-state index contributed by atoms with van der Waals surface area (Å²) < 4.78 is 205. The molecule has 0 bridgehead atoms. The molecule has 20 heteroatoms. The van der Waals surface area contributed by atoms with Crippen LogP contribution in [0.1, 0.15) is 0 Å². The van der Waals surface area contributed by atoms with Crippen molar-refractivity contribution in [2.45, 2.75) is 48.5 Å². The van der Waals surface area contributed by atoms with Crippen molar-refractivity contribution in [1.82, 2.24) is 0 Å². The molecule has 0 atom stereocenters. The van der Waals surface area contributed by atoms with Crippen molar-refractivity contribution >= 4 is 0 Å². The van der Waals surface area contributed by atoms with Crippen LogP contribution >= 0.6 is 0 Å². The van der Waals surface area contributed by atoms with E-state index in [1.165, 1.54) is 0 Å². The van der Waals surface area contributed by atoms with Gasteiger partial charge in [0, 0.05) is 7.11 Å². The predicted molar refractivity (Wildman–Crippen MR) is 58.2 cm³/mol. The van der Waals surface area contributed by atoms with Gasteiger partial charge in [0.15, 0.2) is 0 Å². The molecule has 2 heterocycles. The molecule has 0 unspecified atom stereocenters. The Morgan fingerprint density at radius 1 is 0.645 bits per heavy atom. The molecule has 184 valence electrons. The lowest BCUT2D eigenvalue weighted by Gasteiger charge is -2.59. The normalized spacial score (nSPS) is 39.5. The van der Waals surface area contributed by atoms with Crippen LogP contribution < -0.4 is 0 Å². The van der Waals surface area contributed by atoms with Crippen molar-refractivity contribution in [2.75, 3.05) is 13.7 Å². The van der Waals surface area contributed by atoms with Crippen molar-refractivity contribution in [3.8, 4) is 0 Å². The molecule has 0 aromatic rings. The number of hydrogen-bond donors (Lipinski definition) is 1. The minimum absolute atomic E-state index is 0.289. The van der Waals surface area contributed by atoms with E-state index in [9.17, 15) is 61.5 Å². The Bertz CT molecular complexity index is 615. The minimum Gasteiger partial charge on any atom is -0.390 e. The van der Waals surface area contributed by atoms with Crippen molar-refractivity contribution < 1.29 is 90.3 Å². The van der Waals surface area contributed by atoms with Crippen LogP contribution in [-0.2, 0) is 23.7 Å². The smallest absolute Gasteiger partial charge is 0.390 e. The topological polar surface area (TPSA) is 66.4 Å². The number of hydrogen-bond acceptors (Lipinski definition) is 6. The molecule has 0 radical (unpaired) electrons. The zero-order valence-electron chi connectivity index (χ0n) is 14.0. The van der Waals surface area contributed by atoms with Crippen molar-refractivity contribution in [2.24, 2.45) is 5.41 Å². The molecule has 1 N–H and O–H groups in total. The lowest BCUT2D eigenvalue weighted by atomic mass is 9.79. The Morgan fingerprint density at radius 2 is 0.968 bits per heavy atom. The summed E-state index contributed by atoms with van der Waals surface area (Å²) in [6.07, 6.45) is -41.8. The maximum absolute atomic E-state index is 14.3. The number of rotatable bonds is 2. The highest BCUT2D eigenvalue weighted by atomic mass is 19.4. The Hall–Kier alpha value is -1.22. The quantitative estimate of drug-likeness (QED) is 0.586. The largest absolute Gasteiger partial charge is 0.473 e. The fourth-order valence-corrected chi connectivity index (χ4v) is 2.70. The van der Waals surface area contributed by atoms with Crippen LogP contribution in [0.4, 0.5) is 61.5 Å². The van der Waals surface area contributed by atoms with Crippen LogP contribution in [-0.4, -0.2) is 67.4 Å². The van der Waals surface area contributed by atoms with Gasteiger partial charge in [0.25, 0.3) is 5.79 Å². The third-order valence-electron chi connectivity index (χ3n) is 4.11. The number of aliphatic hydroxyl groups excluding tert-OH is 1. The van der Waals surface area contributed by atoms with Crippen LogP contribution in [0.5, 0.6) is 0 Å². The molecular weight excluding hydrogens is 494 g/mol. The number of alkyl halides is 14. The summed E-state index contributed by atoms with van der Waals surface area (Å²) in [7, 11) is -0.289. The van der Waals surface area contributed by atoms with Gasteiger partial charge in [-0.25, -0.2) is 0 Å². The zero-order valence-corrected chi connectivity index (χ0v) is 14.0. The summed E-state index contributed by atoms with van der Waals surface area (Å²) in [6.45, 7) is -3.01. The molecule has 31 heavy (non-hydrogen) atoms. The van der Waals surface area contributed by atoms with Gasteiger partial charge in [0.1, 0.15) is 6.61 Å². The van der Waals surface area contributed by atoms with Crippen LogP contribution in [0.25, 0.3) is 0 Å². The summed E-state index contributed by atoms with van der Waals surface area (Å²) in [5.41, 5.74) is -7.13. The third-order valence-corrected chi connectivity index (χ3v) is 4.11. The van der Waals surface area contributed by atoms with E-state index in [-0.39, 0.29) is 7.11 Å². The van der Waals surface area contributed by atoms with E-state index >= 15 is 0 Å². The number of halogens is 14. The molecule has 6 nitrogen and oxygen atoms in total. The monoisotopic (exact) mass is 500 g/mol. The van der Waals surface area contributed by atoms with Crippen molar-refractivity contribution in [3.05, 3.63) is 0 Å². The van der Waals surface area contributed by atoms with Gasteiger partial charge >= 0.3 is 48.2 Å². The highest BCUT2D eigenvalue weighted by Crippen LogP contribution is 2.73. The Labute approximate surface area is 159 Å². The molecular formula is C11H6F14O6. The first-order chi connectivity index (χ1) is 13.4. The Kier molecular flexibility index (Phi) is 5.40. The summed E-state index contributed by atoms with van der Waals surface area (Å²) >= 11 is 0. The van der Waals surface area contributed by atoms with E-state index in [1.807, 2.05) is 0 Å². The second-order valence-corrected chi connectivity index (χ2v) is 5.89. The first-order valence-electron chi connectivity index (χ1n) is 7.06. The van der Waals surface area contributed by atoms with Gasteiger partial charge < -0.3 is 9.84 Å². The minimum atomic E-state index is -7.15. The second kappa shape index (κ2) is 6.43. The maximum atomic E-state index is 14.3. The molecule has 1 spiro atoms. The van der Waals surface area contributed by atoms with Crippen LogP contribution in [0.15, 0.2) is 0 Å². The summed E-state index contributed by atoms with van der Waals surface area (Å²) in [4.78, 5) is 0. The molecule has 0 saturated carbocycles. The first kappa shape index (κ1) is 26.0. The molecule has 2 rings (SSSR count). The Morgan fingerprint density at radius 3 is 1.19 bits per heavy atom. The highest BCUT2D eigenvalue weighted by Gasteiger charge is 3.02. The van der Waals surface area contributed by atoms with E-state index in [0.29, 0.717) is 0 Å². The molecule has 2 aliphatic rings. The predicted octanol–water partition coefficient (Wildman–Crippen LogP) is 3.55. The standard InChI is InChI=1S/C11H6F14O6/c1-27-11(6(15,16)17)30-9(22,23)4(10(24,25)31-11)7(18,19)28-3(2-26,5(12,13)14)29-8(4,20)21/h26H,2H2,1H3. The van der Waals surface area contributed by atoms with E-state index in [4.69, 9.17) is 5.11 Å². The van der Waals surface area contributed by atoms with Crippen molar-refractivity contribution in [1.29, 1.82) is 0 Å². The summed E-state index contributed by atoms with van der Waals surface area (Å²) in [5.74, 6) is -11.2. The molecule has 0 aromatic heterocycles. The highest BCUT2D eigenvalue weighted by molar-refractivity contribution is 5.13. The second-order valence-electron chi connectivity index (χ2n) is 5.89. The number of ether oxygens (including phenoxy) is 5. The van der Waals surface area contributed by atoms with Crippen LogP contribution in [0.2, 0.25) is 0 Å². The van der Waals surface area contributed by atoms with Crippen molar-refractivity contribution in [3.63, 3.8) is 0 Å². The zero-order chi connectivity index (χ0) is 24.7. The first-order valence-corrected chi connectivity index (χ1v) is 7.06. The molecule has 2 aliphatic heterocycles. The Balaban J connectivity index is 2.84. The van der Waals surface area contributed by atoms with Gasteiger partial charge in [-0.3, -0.25) is 18.9 Å². The van der Waals surface area contributed by atoms with E-state index < -0.39 is 60.6 Å². The molecule has 0 amide bonds. The lowest BCUT2D eigenvalue weighted by Crippen LogP contribution is -2.85. The van der Waals surface area contributed by atoms with Gasteiger partial charge in [0.05, 0.1) is 0 Å². The summed E-state index contributed by atoms with van der Waals surface area (Å²) in [6, 6.07) is 0. The number of methoxy groups -OCH3 is 1. The third kappa shape index (κ3) is 3.01. The van der Waals surface area contributed by atoms with Gasteiger partial charge in [0.2, 0.25) is 0 Å². The van der Waals surface area contributed by atoms with Gasteiger partial charge in [-0.05, 0) is 0 Å². The number of aliphatic hydroxyl groups is 1.